The highest BCUT2D eigenvalue weighted by Crippen LogP contribution is 2.19. The van der Waals surface area contributed by atoms with Crippen LogP contribution < -0.4 is 15.4 Å². The summed E-state index contributed by atoms with van der Waals surface area (Å²) in [6.07, 6.45) is 5.07. The van der Waals surface area contributed by atoms with Gasteiger partial charge >= 0.3 is 0 Å². The first-order valence-corrected chi connectivity index (χ1v) is 8.65. The van der Waals surface area contributed by atoms with Crippen molar-refractivity contribution in [2.24, 2.45) is 0 Å². The minimum atomic E-state index is -0.244. The molecule has 0 aliphatic rings. The van der Waals surface area contributed by atoms with Gasteiger partial charge in [0.2, 0.25) is 5.88 Å². The van der Waals surface area contributed by atoms with Gasteiger partial charge < -0.3 is 15.4 Å². The van der Waals surface area contributed by atoms with E-state index in [4.69, 9.17) is 4.74 Å². The van der Waals surface area contributed by atoms with Crippen LogP contribution in [0.25, 0.3) is 10.9 Å². The van der Waals surface area contributed by atoms with Crippen molar-refractivity contribution in [3.63, 3.8) is 0 Å². The van der Waals surface area contributed by atoms with Crippen LogP contribution in [0.4, 0.5) is 11.5 Å². The molecule has 0 bridgehead atoms. The van der Waals surface area contributed by atoms with E-state index in [2.05, 4.69) is 30.8 Å². The van der Waals surface area contributed by atoms with Crippen molar-refractivity contribution in [2.75, 3.05) is 17.7 Å². The van der Waals surface area contributed by atoms with Gasteiger partial charge in [-0.05, 0) is 35.9 Å². The van der Waals surface area contributed by atoms with Crippen molar-refractivity contribution in [1.82, 2.24) is 20.2 Å². The average Bonchev–Trinajstić information content (AvgIpc) is 3.20. The summed E-state index contributed by atoms with van der Waals surface area (Å²) in [5.41, 5.74) is 3.00. The zero-order valence-electron chi connectivity index (χ0n) is 15.1. The maximum Gasteiger partial charge on any atom is 0.259 e. The van der Waals surface area contributed by atoms with Crippen LogP contribution in [0.15, 0.2) is 61.1 Å². The summed E-state index contributed by atoms with van der Waals surface area (Å²) in [5.74, 6) is 0.808. The van der Waals surface area contributed by atoms with Crippen LogP contribution in [-0.2, 0) is 6.54 Å². The van der Waals surface area contributed by atoms with E-state index in [1.165, 1.54) is 0 Å². The number of rotatable bonds is 6. The van der Waals surface area contributed by atoms with Crippen LogP contribution in [0.1, 0.15) is 15.9 Å². The van der Waals surface area contributed by atoms with E-state index in [0.29, 0.717) is 29.5 Å². The van der Waals surface area contributed by atoms with Gasteiger partial charge in [-0.25, -0.2) is 9.97 Å². The molecule has 3 heterocycles. The van der Waals surface area contributed by atoms with Gasteiger partial charge in [-0.2, -0.15) is 5.10 Å². The molecule has 3 N–H and O–H groups in total. The summed E-state index contributed by atoms with van der Waals surface area (Å²) in [7, 11) is 1.57. The highest BCUT2D eigenvalue weighted by molar-refractivity contribution is 6.08. The maximum atomic E-state index is 12.8. The predicted octanol–water partition coefficient (Wildman–Crippen LogP) is 3.23. The molecule has 0 atom stereocenters. The van der Waals surface area contributed by atoms with Gasteiger partial charge in [0, 0.05) is 36.1 Å². The molecule has 8 heteroatoms. The number of amides is 1. The second-order valence-corrected chi connectivity index (χ2v) is 6.09. The summed E-state index contributed by atoms with van der Waals surface area (Å²) in [4.78, 5) is 21.2. The number of methoxy groups -OCH3 is 1. The fourth-order valence-corrected chi connectivity index (χ4v) is 2.77. The van der Waals surface area contributed by atoms with E-state index in [1.54, 1.807) is 43.9 Å². The van der Waals surface area contributed by atoms with Crippen molar-refractivity contribution in [1.29, 1.82) is 0 Å². The number of ether oxygens (including phenoxy) is 1. The van der Waals surface area contributed by atoms with Crippen molar-refractivity contribution in [3.8, 4) is 5.88 Å². The molecule has 28 heavy (non-hydrogen) atoms. The third-order valence-electron chi connectivity index (χ3n) is 4.22. The number of carbonyl (C=O) groups is 1. The topological polar surface area (TPSA) is 105 Å². The van der Waals surface area contributed by atoms with Gasteiger partial charge in [0.15, 0.2) is 0 Å². The summed E-state index contributed by atoms with van der Waals surface area (Å²) < 4.78 is 5.06. The molecule has 0 saturated carbocycles. The fraction of sp³-hybridized carbons (Fsp3) is 0.100. The Labute approximate surface area is 161 Å². The molecular weight excluding hydrogens is 356 g/mol. The number of aromatic nitrogens is 4. The van der Waals surface area contributed by atoms with Gasteiger partial charge in [0.1, 0.15) is 5.82 Å². The lowest BCUT2D eigenvalue weighted by molar-refractivity contribution is 0.102. The monoisotopic (exact) mass is 374 g/mol. The molecule has 0 aliphatic carbocycles. The Balaban J connectivity index is 1.48. The summed E-state index contributed by atoms with van der Waals surface area (Å²) >= 11 is 0. The molecule has 1 aromatic carbocycles. The Kier molecular flexibility index (Phi) is 4.83. The lowest BCUT2D eigenvalue weighted by Crippen LogP contribution is -2.15. The second kappa shape index (κ2) is 7.75. The zero-order chi connectivity index (χ0) is 19.3. The molecule has 0 radical (unpaired) electrons. The van der Waals surface area contributed by atoms with Gasteiger partial charge in [-0.3, -0.25) is 9.89 Å². The number of benzene rings is 1. The number of nitrogens with one attached hydrogen (secondary N) is 3. The molecule has 0 saturated heterocycles. The molecule has 4 aromatic rings. The number of nitrogens with zero attached hydrogens (tertiary/aromatic N) is 3. The van der Waals surface area contributed by atoms with E-state index in [9.17, 15) is 4.79 Å². The maximum absolute atomic E-state index is 12.8. The van der Waals surface area contributed by atoms with E-state index in [0.717, 1.165) is 16.5 Å². The molecular formula is C20H18N6O2. The molecule has 4 rings (SSSR count). The van der Waals surface area contributed by atoms with Crippen LogP contribution in [0.5, 0.6) is 5.88 Å². The second-order valence-electron chi connectivity index (χ2n) is 6.09. The Hall–Kier alpha value is -3.94. The molecule has 0 unspecified atom stereocenters. The highest BCUT2D eigenvalue weighted by Gasteiger charge is 2.13. The minimum absolute atomic E-state index is 0.244. The number of hydrogen-bond acceptors (Lipinski definition) is 6. The first-order chi connectivity index (χ1) is 13.7. The standard InChI is InChI=1S/C20H18N6O2/c1-28-18-7-4-13(10-22-18)11-23-19-16(3-2-8-21-19)20(27)25-15-5-6-17-14(9-15)12-24-26-17/h2-10,12H,11H2,1H3,(H,21,23)(H,24,26)(H,25,27). The van der Waals surface area contributed by atoms with Crippen molar-refractivity contribution in [2.45, 2.75) is 6.54 Å². The Morgan fingerprint density at radius 1 is 1.14 bits per heavy atom. The average molecular weight is 374 g/mol. The van der Waals surface area contributed by atoms with Gasteiger partial charge in [0.05, 0.1) is 24.4 Å². The highest BCUT2D eigenvalue weighted by atomic mass is 16.5. The number of carbonyl (C=O) groups excluding carboxylic acids is 1. The minimum Gasteiger partial charge on any atom is -0.481 e. The third kappa shape index (κ3) is 3.75. The van der Waals surface area contributed by atoms with Crippen LogP contribution in [0.2, 0.25) is 0 Å². The third-order valence-corrected chi connectivity index (χ3v) is 4.22. The van der Waals surface area contributed by atoms with Gasteiger partial charge in [-0.15, -0.1) is 0 Å². The number of aromatic amines is 1. The predicted molar refractivity (Wildman–Crippen MR) is 106 cm³/mol. The largest absolute Gasteiger partial charge is 0.481 e. The normalized spacial score (nSPS) is 10.6. The molecule has 3 aromatic heterocycles. The number of hydrogen-bond donors (Lipinski definition) is 3. The van der Waals surface area contributed by atoms with E-state index < -0.39 is 0 Å². The van der Waals surface area contributed by atoms with Crippen molar-refractivity contribution >= 4 is 28.3 Å². The summed E-state index contributed by atoms with van der Waals surface area (Å²) in [5, 5.41) is 13.9. The first-order valence-electron chi connectivity index (χ1n) is 8.65. The van der Waals surface area contributed by atoms with Crippen LogP contribution in [0.3, 0.4) is 0 Å². The molecule has 0 aliphatic heterocycles. The molecule has 1 amide bonds. The van der Waals surface area contributed by atoms with E-state index in [1.807, 2.05) is 24.3 Å². The number of fused-ring (bicyclic) bond motifs is 1. The Morgan fingerprint density at radius 3 is 2.89 bits per heavy atom. The smallest absolute Gasteiger partial charge is 0.259 e. The lowest BCUT2D eigenvalue weighted by atomic mass is 10.2. The van der Waals surface area contributed by atoms with Gasteiger partial charge in [-0.1, -0.05) is 6.07 Å². The van der Waals surface area contributed by atoms with E-state index >= 15 is 0 Å². The number of pyridine rings is 2. The van der Waals surface area contributed by atoms with Crippen molar-refractivity contribution < 1.29 is 9.53 Å². The van der Waals surface area contributed by atoms with Crippen molar-refractivity contribution in [3.05, 3.63) is 72.2 Å². The summed E-state index contributed by atoms with van der Waals surface area (Å²) in [6.45, 7) is 0.481. The van der Waals surface area contributed by atoms with E-state index in [-0.39, 0.29) is 5.91 Å². The van der Waals surface area contributed by atoms with Crippen LogP contribution in [0, 0.1) is 0 Å². The molecule has 0 spiro atoms. The number of anilines is 2. The Morgan fingerprint density at radius 2 is 2.07 bits per heavy atom. The quantitative estimate of drug-likeness (QED) is 0.479. The first kappa shape index (κ1) is 17.5. The van der Waals surface area contributed by atoms with Crippen LogP contribution >= 0.6 is 0 Å². The summed E-state index contributed by atoms with van der Waals surface area (Å²) in [6, 6.07) is 12.7. The van der Waals surface area contributed by atoms with Crippen LogP contribution in [-0.4, -0.2) is 33.2 Å². The number of H-pyrrole nitrogens is 1. The molecule has 0 fully saturated rings. The fourth-order valence-electron chi connectivity index (χ4n) is 2.77. The Bertz CT molecular complexity index is 1110. The zero-order valence-corrected chi connectivity index (χ0v) is 15.1. The molecule has 140 valence electrons. The van der Waals surface area contributed by atoms with Gasteiger partial charge in [0.25, 0.3) is 5.91 Å². The lowest BCUT2D eigenvalue weighted by Gasteiger charge is -2.11. The molecule has 8 nitrogen and oxygen atoms in total. The SMILES string of the molecule is COc1ccc(CNc2ncccc2C(=O)Nc2ccc3[nH]ncc3c2)cn1.